The maximum absolute atomic E-state index is 13.0. The summed E-state index contributed by atoms with van der Waals surface area (Å²) in [6.45, 7) is 1.38. The lowest BCUT2D eigenvalue weighted by molar-refractivity contribution is 0.382. The zero-order valence-corrected chi connectivity index (χ0v) is 18.0. The van der Waals surface area contributed by atoms with Gasteiger partial charge in [0.2, 0.25) is 16.0 Å². The Morgan fingerprint density at radius 1 is 0.966 bits per heavy atom. The molecule has 0 spiro atoms. The van der Waals surface area contributed by atoms with E-state index in [0.29, 0.717) is 30.5 Å². The summed E-state index contributed by atoms with van der Waals surface area (Å²) in [5.41, 5.74) is 0.664. The summed E-state index contributed by atoms with van der Waals surface area (Å²) in [6, 6.07) is 7.98. The highest BCUT2D eigenvalue weighted by Gasteiger charge is 2.31. The lowest BCUT2D eigenvalue weighted by Gasteiger charge is -2.34. The van der Waals surface area contributed by atoms with Crippen molar-refractivity contribution in [1.82, 2.24) is 14.3 Å². The molecular formula is C18H15Cl3N4O3S. The Labute approximate surface area is 182 Å². The fourth-order valence-corrected chi connectivity index (χ4v) is 5.43. The van der Waals surface area contributed by atoms with Gasteiger partial charge in [0.1, 0.15) is 10.6 Å². The molecule has 4 rings (SSSR count). The van der Waals surface area contributed by atoms with Crippen molar-refractivity contribution in [2.45, 2.75) is 4.90 Å². The van der Waals surface area contributed by atoms with E-state index in [1.54, 1.807) is 24.6 Å². The van der Waals surface area contributed by atoms with Crippen LogP contribution in [0.2, 0.25) is 15.1 Å². The Balaban J connectivity index is 1.51. The van der Waals surface area contributed by atoms with Crippen LogP contribution < -0.4 is 4.90 Å². The van der Waals surface area contributed by atoms with Crippen molar-refractivity contribution in [3.05, 3.63) is 57.9 Å². The Kier molecular flexibility index (Phi) is 5.72. The van der Waals surface area contributed by atoms with Crippen LogP contribution >= 0.6 is 34.8 Å². The molecule has 2 aromatic heterocycles. The predicted molar refractivity (Wildman–Crippen MR) is 112 cm³/mol. The van der Waals surface area contributed by atoms with Gasteiger partial charge in [-0.1, -0.05) is 34.8 Å². The minimum absolute atomic E-state index is 0.0383. The fraction of sp³-hybridized carbons (Fsp3) is 0.222. The van der Waals surface area contributed by atoms with Gasteiger partial charge in [-0.15, -0.1) is 0 Å². The van der Waals surface area contributed by atoms with Crippen molar-refractivity contribution in [1.29, 1.82) is 0 Å². The quantitative estimate of drug-likeness (QED) is 0.528. The molecule has 1 aliphatic heterocycles. The van der Waals surface area contributed by atoms with E-state index in [4.69, 9.17) is 39.2 Å². The topological polar surface area (TPSA) is 79.5 Å². The van der Waals surface area contributed by atoms with E-state index in [2.05, 4.69) is 9.97 Å². The first kappa shape index (κ1) is 20.4. The summed E-state index contributed by atoms with van der Waals surface area (Å²) in [5, 5.41) is 0.377. The molecule has 11 heteroatoms. The number of benzene rings is 1. The van der Waals surface area contributed by atoms with Gasteiger partial charge in [0.25, 0.3) is 0 Å². The van der Waals surface area contributed by atoms with Crippen LogP contribution in [-0.4, -0.2) is 48.9 Å². The monoisotopic (exact) mass is 472 g/mol. The molecule has 0 unspecified atom stereocenters. The van der Waals surface area contributed by atoms with Gasteiger partial charge < -0.3 is 9.32 Å². The van der Waals surface area contributed by atoms with Gasteiger partial charge in [0, 0.05) is 32.4 Å². The lowest BCUT2D eigenvalue weighted by atomic mass is 10.3. The van der Waals surface area contributed by atoms with Gasteiger partial charge in [0.15, 0.2) is 5.76 Å². The van der Waals surface area contributed by atoms with Crippen molar-refractivity contribution in [3.63, 3.8) is 0 Å². The maximum Gasteiger partial charge on any atom is 0.244 e. The number of anilines is 1. The number of furan rings is 1. The molecule has 1 fully saturated rings. The number of rotatable bonds is 4. The summed E-state index contributed by atoms with van der Waals surface area (Å²) in [6.07, 6.45) is 3.23. The highest BCUT2D eigenvalue weighted by Crippen LogP contribution is 2.33. The molecular weight excluding hydrogens is 459 g/mol. The molecule has 0 N–H and O–H groups in total. The summed E-state index contributed by atoms with van der Waals surface area (Å²) in [5.74, 6) is 1.16. The molecule has 1 aliphatic rings. The second-order valence-electron chi connectivity index (χ2n) is 6.31. The van der Waals surface area contributed by atoms with E-state index in [-0.39, 0.29) is 33.1 Å². The van der Waals surface area contributed by atoms with Crippen LogP contribution in [0.3, 0.4) is 0 Å². The van der Waals surface area contributed by atoms with Gasteiger partial charge in [0.05, 0.1) is 21.3 Å². The molecule has 0 bridgehead atoms. The fourth-order valence-electron chi connectivity index (χ4n) is 3.03. The van der Waals surface area contributed by atoms with Crippen molar-refractivity contribution >= 4 is 50.8 Å². The Hall–Kier alpha value is -1.84. The van der Waals surface area contributed by atoms with E-state index < -0.39 is 10.0 Å². The number of sulfonamides is 1. The first-order valence-electron chi connectivity index (χ1n) is 8.63. The van der Waals surface area contributed by atoms with Crippen LogP contribution in [0.15, 0.2) is 52.1 Å². The SMILES string of the molecule is O=S(=O)(c1cc(Cl)c(Cl)cc1Cl)N1CCN(c2nccc(-c3ccco3)n2)CC1. The van der Waals surface area contributed by atoms with Crippen LogP contribution in [0.5, 0.6) is 0 Å². The second-order valence-corrected chi connectivity index (χ2v) is 9.44. The summed E-state index contributed by atoms with van der Waals surface area (Å²) in [4.78, 5) is 10.7. The summed E-state index contributed by atoms with van der Waals surface area (Å²) in [7, 11) is -3.81. The van der Waals surface area contributed by atoms with Crippen molar-refractivity contribution < 1.29 is 12.8 Å². The molecule has 0 aliphatic carbocycles. The third kappa shape index (κ3) is 4.08. The van der Waals surface area contributed by atoms with Crippen LogP contribution in [0.1, 0.15) is 0 Å². The molecule has 0 amide bonds. The predicted octanol–water partition coefficient (Wildman–Crippen LogP) is 4.21. The lowest BCUT2D eigenvalue weighted by Crippen LogP contribution is -2.49. The van der Waals surface area contributed by atoms with E-state index in [9.17, 15) is 8.42 Å². The highest BCUT2D eigenvalue weighted by atomic mass is 35.5. The van der Waals surface area contributed by atoms with E-state index in [1.807, 2.05) is 11.0 Å². The molecule has 7 nitrogen and oxygen atoms in total. The number of aromatic nitrogens is 2. The van der Waals surface area contributed by atoms with Crippen LogP contribution in [0.4, 0.5) is 5.95 Å². The summed E-state index contributed by atoms with van der Waals surface area (Å²) >= 11 is 18.0. The zero-order valence-electron chi connectivity index (χ0n) is 14.9. The van der Waals surface area contributed by atoms with Gasteiger partial charge in [-0.3, -0.25) is 0 Å². The van der Waals surface area contributed by atoms with E-state index in [1.165, 1.54) is 16.4 Å². The van der Waals surface area contributed by atoms with Crippen LogP contribution in [0.25, 0.3) is 11.5 Å². The minimum atomic E-state index is -3.81. The van der Waals surface area contributed by atoms with Crippen molar-refractivity contribution in [2.24, 2.45) is 0 Å². The van der Waals surface area contributed by atoms with Gasteiger partial charge in [-0.25, -0.2) is 18.4 Å². The first-order chi connectivity index (χ1) is 13.9. The smallest absolute Gasteiger partial charge is 0.244 e. The Morgan fingerprint density at radius 3 is 2.38 bits per heavy atom. The molecule has 0 radical (unpaired) electrons. The molecule has 1 saturated heterocycles. The third-order valence-corrected chi connectivity index (χ3v) is 7.62. The molecule has 0 atom stereocenters. The van der Waals surface area contributed by atoms with E-state index in [0.717, 1.165) is 0 Å². The van der Waals surface area contributed by atoms with Crippen molar-refractivity contribution in [2.75, 3.05) is 31.1 Å². The number of halogens is 3. The van der Waals surface area contributed by atoms with Gasteiger partial charge >= 0.3 is 0 Å². The molecule has 1 aromatic carbocycles. The molecule has 3 aromatic rings. The highest BCUT2D eigenvalue weighted by molar-refractivity contribution is 7.89. The average Bonchev–Trinajstić information content (AvgIpc) is 3.26. The largest absolute Gasteiger partial charge is 0.463 e. The normalized spacial score (nSPS) is 15.6. The number of nitrogens with zero attached hydrogens (tertiary/aromatic N) is 4. The zero-order chi connectivity index (χ0) is 20.6. The number of hydrogen-bond donors (Lipinski definition) is 0. The maximum atomic E-state index is 13.0. The van der Waals surface area contributed by atoms with Crippen molar-refractivity contribution in [3.8, 4) is 11.5 Å². The Bertz CT molecular complexity index is 1130. The molecule has 152 valence electrons. The van der Waals surface area contributed by atoms with Crippen LogP contribution in [-0.2, 0) is 10.0 Å². The molecule has 29 heavy (non-hydrogen) atoms. The van der Waals surface area contributed by atoms with E-state index >= 15 is 0 Å². The Morgan fingerprint density at radius 2 is 1.69 bits per heavy atom. The second kappa shape index (κ2) is 8.12. The number of piperazine rings is 1. The average molecular weight is 474 g/mol. The van der Waals surface area contributed by atoms with Gasteiger partial charge in [-0.2, -0.15) is 4.31 Å². The van der Waals surface area contributed by atoms with Gasteiger partial charge in [-0.05, 0) is 30.3 Å². The molecule has 0 saturated carbocycles. The van der Waals surface area contributed by atoms with Crippen LogP contribution in [0, 0.1) is 0 Å². The summed E-state index contributed by atoms with van der Waals surface area (Å²) < 4.78 is 32.7. The first-order valence-corrected chi connectivity index (χ1v) is 11.2. The molecule has 3 heterocycles. The third-order valence-electron chi connectivity index (χ3n) is 4.53. The minimum Gasteiger partial charge on any atom is -0.463 e. The standard InChI is InChI=1S/C18H15Cl3N4O3S/c19-12-10-14(21)17(11-13(12)20)29(26,27)25-7-5-24(6-8-25)18-22-4-3-15(23-18)16-2-1-9-28-16/h1-4,9-11H,5-8H2. The number of hydrogen-bond acceptors (Lipinski definition) is 6.